The fourth-order valence-electron chi connectivity index (χ4n) is 3.10. The SMILES string of the molecule is CCNC(=NCC#Cc1ccc(C(F)(F)F)cc1)N1CCN(c2cnn(C)c2)C(=O)C1.I. The molecule has 1 aliphatic heterocycles. The molecule has 3 rings (SSSR count). The number of aliphatic imine (C=N–C) groups is 1. The van der Waals surface area contributed by atoms with Crippen molar-refractivity contribution >= 4 is 41.5 Å². The van der Waals surface area contributed by atoms with Gasteiger partial charge in [-0.05, 0) is 31.2 Å². The van der Waals surface area contributed by atoms with E-state index in [0.717, 1.165) is 17.8 Å². The third-order valence-corrected chi connectivity index (χ3v) is 4.61. The number of alkyl halides is 3. The van der Waals surface area contributed by atoms with Gasteiger partial charge in [0.1, 0.15) is 13.1 Å². The van der Waals surface area contributed by atoms with Crippen molar-refractivity contribution in [2.24, 2.45) is 12.0 Å². The second kappa shape index (κ2) is 11.2. The molecule has 1 N–H and O–H groups in total. The molecule has 0 unspecified atom stereocenters. The van der Waals surface area contributed by atoms with E-state index in [9.17, 15) is 18.0 Å². The number of nitrogens with one attached hydrogen (secondary N) is 1. The van der Waals surface area contributed by atoms with Gasteiger partial charge >= 0.3 is 6.18 Å². The number of nitrogens with zero attached hydrogens (tertiary/aromatic N) is 5. The summed E-state index contributed by atoms with van der Waals surface area (Å²) >= 11 is 0. The second-order valence-electron chi connectivity index (χ2n) is 6.89. The van der Waals surface area contributed by atoms with Gasteiger partial charge in [0.25, 0.3) is 0 Å². The van der Waals surface area contributed by atoms with Crippen LogP contribution in [0.4, 0.5) is 18.9 Å². The Morgan fingerprint density at radius 1 is 1.25 bits per heavy atom. The Labute approximate surface area is 201 Å². The van der Waals surface area contributed by atoms with Gasteiger partial charge < -0.3 is 15.1 Å². The topological polar surface area (TPSA) is 65.8 Å². The van der Waals surface area contributed by atoms with Gasteiger partial charge in [-0.2, -0.15) is 18.3 Å². The summed E-state index contributed by atoms with van der Waals surface area (Å²) in [5.74, 6) is 6.17. The zero-order valence-electron chi connectivity index (χ0n) is 17.7. The number of rotatable bonds is 3. The number of benzene rings is 1. The first-order chi connectivity index (χ1) is 14.8. The van der Waals surface area contributed by atoms with Crippen molar-refractivity contribution < 1.29 is 18.0 Å². The highest BCUT2D eigenvalue weighted by molar-refractivity contribution is 14.0. The molecule has 0 radical (unpaired) electrons. The summed E-state index contributed by atoms with van der Waals surface area (Å²) in [6, 6.07) is 4.68. The summed E-state index contributed by atoms with van der Waals surface area (Å²) in [6.45, 7) is 3.98. The van der Waals surface area contributed by atoms with Gasteiger partial charge in [-0.15, -0.1) is 24.0 Å². The molecule has 0 atom stereocenters. The number of amides is 1. The van der Waals surface area contributed by atoms with Crippen LogP contribution in [0.5, 0.6) is 0 Å². The molecule has 2 aromatic rings. The minimum atomic E-state index is -4.37. The summed E-state index contributed by atoms with van der Waals surface area (Å²) in [5, 5.41) is 7.25. The molecule has 2 heterocycles. The van der Waals surface area contributed by atoms with E-state index in [4.69, 9.17) is 0 Å². The molecule has 0 aliphatic carbocycles. The van der Waals surface area contributed by atoms with Crippen LogP contribution in [0, 0.1) is 11.8 Å². The molecule has 11 heteroatoms. The lowest BCUT2D eigenvalue weighted by molar-refractivity contribution is -0.137. The molecule has 1 amide bonds. The number of aromatic nitrogens is 2. The van der Waals surface area contributed by atoms with Crippen molar-refractivity contribution in [2.45, 2.75) is 13.1 Å². The largest absolute Gasteiger partial charge is 0.416 e. The van der Waals surface area contributed by atoms with Crippen LogP contribution in [0.25, 0.3) is 0 Å². The van der Waals surface area contributed by atoms with E-state index in [1.165, 1.54) is 12.1 Å². The highest BCUT2D eigenvalue weighted by Crippen LogP contribution is 2.28. The van der Waals surface area contributed by atoms with Crippen molar-refractivity contribution in [3.63, 3.8) is 0 Å². The first-order valence-corrected chi connectivity index (χ1v) is 9.76. The minimum Gasteiger partial charge on any atom is -0.356 e. The lowest BCUT2D eigenvalue weighted by Crippen LogP contribution is -2.55. The fourth-order valence-corrected chi connectivity index (χ4v) is 3.10. The third kappa shape index (κ3) is 6.62. The van der Waals surface area contributed by atoms with Gasteiger partial charge in [-0.1, -0.05) is 11.8 Å². The Kier molecular flexibility index (Phi) is 8.94. The van der Waals surface area contributed by atoms with E-state index in [2.05, 4.69) is 27.2 Å². The molecule has 0 saturated carbocycles. The van der Waals surface area contributed by atoms with Crippen LogP contribution in [0.1, 0.15) is 18.1 Å². The number of piperazine rings is 1. The Balaban J connectivity index is 0.00000363. The smallest absolute Gasteiger partial charge is 0.356 e. The molecule has 1 aromatic heterocycles. The minimum absolute atomic E-state index is 0. The lowest BCUT2D eigenvalue weighted by atomic mass is 10.1. The van der Waals surface area contributed by atoms with Gasteiger partial charge in [-0.3, -0.25) is 9.48 Å². The van der Waals surface area contributed by atoms with E-state index in [-0.39, 0.29) is 43.0 Å². The molecule has 0 spiro atoms. The fraction of sp³-hybridized carbons (Fsp3) is 0.381. The Bertz CT molecular complexity index is 1010. The number of carbonyl (C=O) groups is 1. The van der Waals surface area contributed by atoms with E-state index < -0.39 is 11.7 Å². The maximum Gasteiger partial charge on any atom is 0.416 e. The molecule has 32 heavy (non-hydrogen) atoms. The lowest BCUT2D eigenvalue weighted by Gasteiger charge is -2.35. The highest BCUT2D eigenvalue weighted by Gasteiger charge is 2.30. The molecule has 1 aliphatic rings. The Morgan fingerprint density at radius 2 is 1.97 bits per heavy atom. The van der Waals surface area contributed by atoms with Crippen LogP contribution in [0.15, 0.2) is 41.7 Å². The Hall–Kier alpha value is -2.75. The average Bonchev–Trinajstić information content (AvgIpc) is 3.16. The quantitative estimate of drug-likeness (QED) is 0.272. The molecule has 1 fully saturated rings. The summed E-state index contributed by atoms with van der Waals surface area (Å²) in [5.41, 5.74) is 0.533. The van der Waals surface area contributed by atoms with Gasteiger partial charge in [-0.25, -0.2) is 4.99 Å². The van der Waals surface area contributed by atoms with Gasteiger partial charge in [0.15, 0.2) is 5.96 Å². The Morgan fingerprint density at radius 3 is 2.53 bits per heavy atom. The van der Waals surface area contributed by atoms with Crippen LogP contribution in [-0.2, 0) is 18.0 Å². The zero-order valence-corrected chi connectivity index (χ0v) is 20.0. The van der Waals surface area contributed by atoms with Gasteiger partial charge in [0, 0.05) is 38.4 Å². The average molecular weight is 560 g/mol. The van der Waals surface area contributed by atoms with Gasteiger partial charge in [0.2, 0.25) is 5.91 Å². The molecule has 7 nitrogen and oxygen atoms in total. The number of guanidine groups is 1. The molecule has 0 bridgehead atoms. The van der Waals surface area contributed by atoms with E-state index in [1.54, 1.807) is 29.0 Å². The number of halogens is 4. The third-order valence-electron chi connectivity index (χ3n) is 4.61. The maximum absolute atomic E-state index is 12.6. The van der Waals surface area contributed by atoms with Crippen molar-refractivity contribution in [3.8, 4) is 11.8 Å². The van der Waals surface area contributed by atoms with Crippen molar-refractivity contribution in [1.29, 1.82) is 0 Å². The van der Waals surface area contributed by atoms with E-state index in [1.807, 2.05) is 11.8 Å². The maximum atomic E-state index is 12.6. The number of anilines is 1. The highest BCUT2D eigenvalue weighted by atomic mass is 127. The molecule has 1 saturated heterocycles. The standard InChI is InChI=1S/C21H23F3N6O.HI/c1-3-25-20(26-10-4-5-16-6-8-17(9-7-16)21(22,23)24)29-11-12-30(19(31)15-29)18-13-27-28(2)14-18;/h6-9,13-14H,3,10-12,15H2,1-2H3,(H,25,26);1H. The predicted molar refractivity (Wildman–Crippen MR) is 127 cm³/mol. The predicted octanol–water partition coefficient (Wildman–Crippen LogP) is 2.72. The number of hydrogen-bond acceptors (Lipinski definition) is 3. The molecular formula is C21H24F3IN6O. The molecule has 1 aromatic carbocycles. The first-order valence-electron chi connectivity index (χ1n) is 9.76. The number of aryl methyl sites for hydroxylation is 1. The van der Waals surface area contributed by atoms with Crippen LogP contribution in [0.2, 0.25) is 0 Å². The summed E-state index contributed by atoms with van der Waals surface area (Å²) in [4.78, 5) is 20.6. The van der Waals surface area contributed by atoms with E-state index in [0.29, 0.717) is 31.2 Å². The number of hydrogen-bond donors (Lipinski definition) is 1. The normalized spacial score (nSPS) is 14.5. The first kappa shape index (κ1) is 25.5. The van der Waals surface area contributed by atoms with Crippen molar-refractivity contribution in [3.05, 3.63) is 47.8 Å². The second-order valence-corrected chi connectivity index (χ2v) is 6.89. The zero-order chi connectivity index (χ0) is 22.4. The summed E-state index contributed by atoms with van der Waals surface area (Å²) in [7, 11) is 1.80. The van der Waals surface area contributed by atoms with Crippen molar-refractivity contribution in [1.82, 2.24) is 20.0 Å². The van der Waals surface area contributed by atoms with Crippen molar-refractivity contribution in [2.75, 3.05) is 37.6 Å². The molecular weight excluding hydrogens is 536 g/mol. The van der Waals surface area contributed by atoms with Crippen LogP contribution in [-0.4, -0.2) is 59.3 Å². The monoisotopic (exact) mass is 560 g/mol. The van der Waals surface area contributed by atoms with Crippen LogP contribution < -0.4 is 10.2 Å². The number of carbonyl (C=O) groups excluding carboxylic acids is 1. The van der Waals surface area contributed by atoms with E-state index >= 15 is 0 Å². The van der Waals surface area contributed by atoms with Crippen LogP contribution >= 0.6 is 24.0 Å². The molecule has 172 valence electrons. The van der Waals surface area contributed by atoms with Gasteiger partial charge in [0.05, 0.1) is 17.4 Å². The summed E-state index contributed by atoms with van der Waals surface area (Å²) < 4.78 is 39.5. The summed E-state index contributed by atoms with van der Waals surface area (Å²) in [6.07, 6.45) is -0.914. The van der Waals surface area contributed by atoms with Crippen LogP contribution in [0.3, 0.4) is 0 Å².